The van der Waals surface area contributed by atoms with E-state index in [1.165, 1.54) is 5.39 Å². The molecule has 2 heterocycles. The molecule has 0 saturated heterocycles. The third kappa shape index (κ3) is 2.64. The van der Waals surface area contributed by atoms with E-state index in [-0.39, 0.29) is 0 Å². The molecule has 4 nitrogen and oxygen atoms in total. The molecular formula is C13H10Cl2N4. The molecule has 0 aliphatic carbocycles. The number of H-pyrrole nitrogens is 1. The minimum Gasteiger partial charge on any atom is -0.377 e. The summed E-state index contributed by atoms with van der Waals surface area (Å²) in [5.41, 5.74) is 2.84. The second-order valence-corrected chi connectivity index (χ2v) is 4.85. The molecule has 1 aromatic carbocycles. The zero-order valence-corrected chi connectivity index (χ0v) is 11.3. The topological polar surface area (TPSA) is 53.6 Å². The van der Waals surface area contributed by atoms with E-state index in [4.69, 9.17) is 23.2 Å². The molecule has 0 aliphatic heterocycles. The SMILES string of the molecule is Clc1cc(NCc2cc3ccccc3[nH]2)c(Cl)nn1. The van der Waals surface area contributed by atoms with Gasteiger partial charge in [0.1, 0.15) is 0 Å². The van der Waals surface area contributed by atoms with Crippen LogP contribution in [0.2, 0.25) is 10.3 Å². The van der Waals surface area contributed by atoms with Gasteiger partial charge in [-0.05, 0) is 17.5 Å². The molecule has 2 aromatic heterocycles. The van der Waals surface area contributed by atoms with Crippen molar-refractivity contribution in [1.82, 2.24) is 15.2 Å². The van der Waals surface area contributed by atoms with Crippen molar-refractivity contribution in [3.8, 4) is 0 Å². The van der Waals surface area contributed by atoms with Gasteiger partial charge in [0.05, 0.1) is 12.2 Å². The molecule has 0 spiro atoms. The minimum absolute atomic E-state index is 0.306. The Bertz CT molecular complexity index is 690. The first-order chi connectivity index (χ1) is 9.22. The zero-order chi connectivity index (χ0) is 13.2. The molecule has 0 saturated carbocycles. The van der Waals surface area contributed by atoms with Gasteiger partial charge in [-0.3, -0.25) is 0 Å². The second kappa shape index (κ2) is 5.07. The molecule has 3 aromatic rings. The van der Waals surface area contributed by atoms with E-state index in [9.17, 15) is 0 Å². The average Bonchev–Trinajstić information content (AvgIpc) is 2.82. The number of para-hydroxylation sites is 1. The van der Waals surface area contributed by atoms with Gasteiger partial charge in [0, 0.05) is 17.3 Å². The van der Waals surface area contributed by atoms with Gasteiger partial charge in [-0.2, -0.15) is 0 Å². The number of nitrogens with one attached hydrogen (secondary N) is 2. The van der Waals surface area contributed by atoms with Crippen LogP contribution in [-0.4, -0.2) is 15.2 Å². The van der Waals surface area contributed by atoms with Gasteiger partial charge in [-0.1, -0.05) is 41.4 Å². The number of hydrogen-bond acceptors (Lipinski definition) is 3. The maximum atomic E-state index is 5.94. The lowest BCUT2D eigenvalue weighted by molar-refractivity contribution is 1.01. The summed E-state index contributed by atoms with van der Waals surface area (Å²) < 4.78 is 0. The van der Waals surface area contributed by atoms with Gasteiger partial charge >= 0.3 is 0 Å². The van der Waals surface area contributed by atoms with Crippen molar-refractivity contribution in [3.05, 3.63) is 52.4 Å². The first kappa shape index (κ1) is 12.3. The normalized spacial score (nSPS) is 10.8. The first-order valence-electron chi connectivity index (χ1n) is 5.71. The van der Waals surface area contributed by atoms with Crippen LogP contribution in [0.5, 0.6) is 0 Å². The fraction of sp³-hybridized carbons (Fsp3) is 0.0769. The lowest BCUT2D eigenvalue weighted by atomic mass is 10.2. The monoisotopic (exact) mass is 292 g/mol. The number of nitrogens with zero attached hydrogens (tertiary/aromatic N) is 2. The molecule has 0 unspecified atom stereocenters. The Morgan fingerprint density at radius 3 is 2.79 bits per heavy atom. The molecule has 0 atom stereocenters. The van der Waals surface area contributed by atoms with Crippen molar-refractivity contribution in [2.24, 2.45) is 0 Å². The third-order valence-electron chi connectivity index (χ3n) is 2.77. The summed E-state index contributed by atoms with van der Waals surface area (Å²) >= 11 is 11.7. The molecule has 3 rings (SSSR count). The van der Waals surface area contributed by atoms with Crippen molar-refractivity contribution < 1.29 is 0 Å². The second-order valence-electron chi connectivity index (χ2n) is 4.11. The molecule has 0 aliphatic rings. The van der Waals surface area contributed by atoms with Gasteiger partial charge < -0.3 is 10.3 Å². The zero-order valence-electron chi connectivity index (χ0n) is 9.82. The van der Waals surface area contributed by atoms with E-state index in [0.717, 1.165) is 11.2 Å². The van der Waals surface area contributed by atoms with Crippen molar-refractivity contribution in [3.63, 3.8) is 0 Å². The number of hydrogen-bond donors (Lipinski definition) is 2. The smallest absolute Gasteiger partial charge is 0.174 e. The van der Waals surface area contributed by atoms with E-state index >= 15 is 0 Å². The summed E-state index contributed by atoms with van der Waals surface area (Å²) in [7, 11) is 0. The minimum atomic E-state index is 0.306. The van der Waals surface area contributed by atoms with Crippen molar-refractivity contribution in [1.29, 1.82) is 0 Å². The Labute approximate surface area is 119 Å². The number of rotatable bonds is 3. The van der Waals surface area contributed by atoms with Crippen LogP contribution < -0.4 is 5.32 Å². The Morgan fingerprint density at radius 1 is 1.11 bits per heavy atom. The van der Waals surface area contributed by atoms with E-state index < -0.39 is 0 Å². The number of benzene rings is 1. The fourth-order valence-electron chi connectivity index (χ4n) is 1.90. The van der Waals surface area contributed by atoms with Crippen LogP contribution in [0.3, 0.4) is 0 Å². The molecular weight excluding hydrogens is 283 g/mol. The molecule has 0 bridgehead atoms. The standard InChI is InChI=1S/C13H10Cl2N4/c14-12-6-11(13(15)19-18-12)16-7-9-5-8-3-1-2-4-10(8)17-9/h1-6,17H,7H2,(H,16,18). The molecule has 0 fully saturated rings. The van der Waals surface area contributed by atoms with E-state index in [1.807, 2.05) is 18.2 Å². The van der Waals surface area contributed by atoms with Crippen molar-refractivity contribution in [2.75, 3.05) is 5.32 Å². The van der Waals surface area contributed by atoms with Crippen molar-refractivity contribution in [2.45, 2.75) is 6.54 Å². The highest BCUT2D eigenvalue weighted by atomic mass is 35.5. The molecule has 6 heteroatoms. The lowest BCUT2D eigenvalue weighted by Crippen LogP contribution is -2.01. The third-order valence-corrected chi connectivity index (χ3v) is 3.24. The van der Waals surface area contributed by atoms with Gasteiger partial charge in [-0.15, -0.1) is 10.2 Å². The Kier molecular flexibility index (Phi) is 3.27. The number of aromatic amines is 1. The number of halogens is 2. The van der Waals surface area contributed by atoms with Crippen LogP contribution >= 0.6 is 23.2 Å². The maximum absolute atomic E-state index is 5.94. The summed E-state index contributed by atoms with van der Waals surface area (Å²) in [6.07, 6.45) is 0. The van der Waals surface area contributed by atoms with Crippen LogP contribution in [0.25, 0.3) is 10.9 Å². The molecule has 0 radical (unpaired) electrons. The summed E-state index contributed by atoms with van der Waals surface area (Å²) in [6.45, 7) is 0.608. The molecule has 96 valence electrons. The quantitative estimate of drug-likeness (QED) is 0.770. The number of anilines is 1. The highest BCUT2D eigenvalue weighted by Crippen LogP contribution is 2.22. The van der Waals surface area contributed by atoms with Crippen molar-refractivity contribution >= 4 is 39.8 Å². The largest absolute Gasteiger partial charge is 0.377 e. The summed E-state index contributed by atoms with van der Waals surface area (Å²) in [5, 5.41) is 12.4. The molecule has 19 heavy (non-hydrogen) atoms. The van der Waals surface area contributed by atoms with Gasteiger partial charge in [0.15, 0.2) is 10.3 Å². The Morgan fingerprint density at radius 2 is 1.95 bits per heavy atom. The Hall–Kier alpha value is -1.78. The van der Waals surface area contributed by atoms with Crippen LogP contribution in [-0.2, 0) is 6.54 Å². The van der Waals surface area contributed by atoms with E-state index in [0.29, 0.717) is 22.5 Å². The summed E-state index contributed by atoms with van der Waals surface area (Å²) in [6, 6.07) is 11.9. The lowest BCUT2D eigenvalue weighted by Gasteiger charge is -2.05. The van der Waals surface area contributed by atoms with Gasteiger partial charge in [0.2, 0.25) is 0 Å². The molecule has 0 amide bonds. The molecule has 2 N–H and O–H groups in total. The summed E-state index contributed by atoms with van der Waals surface area (Å²) in [4.78, 5) is 3.33. The predicted octanol–water partition coefficient (Wildman–Crippen LogP) is 3.88. The van der Waals surface area contributed by atoms with E-state index in [2.05, 4.69) is 32.6 Å². The summed E-state index contributed by atoms with van der Waals surface area (Å²) in [5.74, 6) is 0. The van der Waals surface area contributed by atoms with Gasteiger partial charge in [-0.25, -0.2) is 0 Å². The maximum Gasteiger partial charge on any atom is 0.174 e. The first-order valence-corrected chi connectivity index (χ1v) is 6.47. The average molecular weight is 293 g/mol. The van der Waals surface area contributed by atoms with Crippen LogP contribution in [0.15, 0.2) is 36.4 Å². The fourth-order valence-corrected chi connectivity index (χ4v) is 2.20. The van der Waals surface area contributed by atoms with Crippen LogP contribution in [0, 0.1) is 0 Å². The Balaban J connectivity index is 1.80. The van der Waals surface area contributed by atoms with Crippen LogP contribution in [0.4, 0.5) is 5.69 Å². The van der Waals surface area contributed by atoms with Gasteiger partial charge in [0.25, 0.3) is 0 Å². The van der Waals surface area contributed by atoms with E-state index in [1.54, 1.807) is 6.07 Å². The van der Waals surface area contributed by atoms with Crippen LogP contribution in [0.1, 0.15) is 5.69 Å². The number of fused-ring (bicyclic) bond motifs is 1. The highest BCUT2D eigenvalue weighted by Gasteiger charge is 2.05. The predicted molar refractivity (Wildman–Crippen MR) is 77.7 cm³/mol. The number of aromatic nitrogens is 3. The highest BCUT2D eigenvalue weighted by molar-refractivity contribution is 6.33.